The summed E-state index contributed by atoms with van der Waals surface area (Å²) < 4.78 is 7.63. The summed E-state index contributed by atoms with van der Waals surface area (Å²) in [6, 6.07) is 13.8. The van der Waals surface area contributed by atoms with Crippen LogP contribution in [0.1, 0.15) is 43.5 Å². The number of aliphatic carboxylic acids is 1. The van der Waals surface area contributed by atoms with E-state index in [4.69, 9.17) is 16.3 Å². The van der Waals surface area contributed by atoms with Gasteiger partial charge < -0.3 is 14.4 Å². The molecule has 0 radical (unpaired) electrons. The SMILES string of the molecule is COc1ccc2c(c1)c(C)c(C(C)C(C)(C)C(=O)O)n2Cc1ccc(Cl)cc1. The van der Waals surface area contributed by atoms with E-state index in [9.17, 15) is 9.90 Å². The fourth-order valence-corrected chi connectivity index (χ4v) is 3.80. The minimum Gasteiger partial charge on any atom is -0.497 e. The van der Waals surface area contributed by atoms with Gasteiger partial charge in [0, 0.05) is 34.1 Å². The van der Waals surface area contributed by atoms with Crippen LogP contribution >= 0.6 is 11.6 Å². The molecule has 0 aliphatic rings. The molecule has 0 saturated heterocycles. The first-order valence-corrected chi connectivity index (χ1v) is 9.69. The Balaban J connectivity index is 2.23. The number of benzene rings is 2. The molecule has 1 unspecified atom stereocenters. The van der Waals surface area contributed by atoms with Crippen molar-refractivity contribution in [3.63, 3.8) is 0 Å². The van der Waals surface area contributed by atoms with Gasteiger partial charge in [-0.15, -0.1) is 0 Å². The Morgan fingerprint density at radius 1 is 1.21 bits per heavy atom. The van der Waals surface area contributed by atoms with Gasteiger partial charge >= 0.3 is 5.97 Å². The number of aryl methyl sites for hydroxylation is 1. The highest BCUT2D eigenvalue weighted by Gasteiger charge is 2.37. The Kier molecular flexibility index (Phi) is 5.44. The van der Waals surface area contributed by atoms with E-state index in [1.54, 1.807) is 21.0 Å². The second-order valence-corrected chi connectivity index (χ2v) is 8.29. The summed E-state index contributed by atoms with van der Waals surface area (Å²) in [6.45, 7) is 8.26. The Morgan fingerprint density at radius 3 is 2.43 bits per heavy atom. The molecule has 5 heteroatoms. The zero-order valence-electron chi connectivity index (χ0n) is 16.9. The number of aromatic nitrogens is 1. The van der Waals surface area contributed by atoms with Gasteiger partial charge in [-0.1, -0.05) is 30.7 Å². The molecule has 0 fully saturated rings. The van der Waals surface area contributed by atoms with Gasteiger partial charge in [0.05, 0.1) is 12.5 Å². The molecule has 0 aliphatic heterocycles. The van der Waals surface area contributed by atoms with E-state index < -0.39 is 11.4 Å². The predicted octanol–water partition coefficient (Wildman–Crippen LogP) is 5.87. The summed E-state index contributed by atoms with van der Waals surface area (Å²) in [5, 5.41) is 11.6. The molecule has 1 heterocycles. The van der Waals surface area contributed by atoms with Gasteiger partial charge in [0.15, 0.2) is 0 Å². The molecule has 0 amide bonds. The summed E-state index contributed by atoms with van der Waals surface area (Å²) in [6.07, 6.45) is 0. The zero-order valence-corrected chi connectivity index (χ0v) is 17.7. The normalized spacial score (nSPS) is 12.9. The van der Waals surface area contributed by atoms with Crippen LogP contribution in [0.15, 0.2) is 42.5 Å². The minimum atomic E-state index is -0.902. The molecule has 3 aromatic rings. The first-order chi connectivity index (χ1) is 13.2. The van der Waals surface area contributed by atoms with Crippen molar-refractivity contribution in [2.45, 2.75) is 40.2 Å². The number of hydrogen-bond donors (Lipinski definition) is 1. The molecule has 0 aliphatic carbocycles. The monoisotopic (exact) mass is 399 g/mol. The lowest BCUT2D eigenvalue weighted by Crippen LogP contribution is -2.31. The van der Waals surface area contributed by atoms with Gasteiger partial charge in [-0.25, -0.2) is 0 Å². The number of halogens is 1. The highest BCUT2D eigenvalue weighted by Crippen LogP contribution is 2.41. The van der Waals surface area contributed by atoms with Gasteiger partial charge in [0.2, 0.25) is 0 Å². The molecule has 28 heavy (non-hydrogen) atoms. The molecule has 148 valence electrons. The number of rotatable bonds is 6. The standard InChI is InChI=1S/C23H26ClNO3/c1-14-19-12-18(28-5)10-11-20(19)25(13-16-6-8-17(24)9-7-16)21(14)15(2)23(3,4)22(26)27/h6-12,15H,13H2,1-5H3,(H,26,27). The summed E-state index contributed by atoms with van der Waals surface area (Å²) in [4.78, 5) is 11.9. The van der Waals surface area contributed by atoms with Crippen molar-refractivity contribution in [3.8, 4) is 5.75 Å². The Labute approximate surface area is 170 Å². The van der Waals surface area contributed by atoms with Crippen LogP contribution in [-0.4, -0.2) is 22.8 Å². The van der Waals surface area contributed by atoms with Crippen molar-refractivity contribution >= 4 is 28.5 Å². The lowest BCUT2D eigenvalue weighted by Gasteiger charge is -2.29. The van der Waals surface area contributed by atoms with Crippen LogP contribution < -0.4 is 4.74 Å². The average Bonchev–Trinajstić information content (AvgIpc) is 2.94. The van der Waals surface area contributed by atoms with E-state index in [-0.39, 0.29) is 5.92 Å². The van der Waals surface area contributed by atoms with E-state index in [0.29, 0.717) is 11.6 Å². The maximum atomic E-state index is 11.9. The molecule has 4 nitrogen and oxygen atoms in total. The van der Waals surface area contributed by atoms with Crippen LogP contribution in [0.2, 0.25) is 5.02 Å². The largest absolute Gasteiger partial charge is 0.497 e. The Bertz CT molecular complexity index is 1020. The summed E-state index contributed by atoms with van der Waals surface area (Å²) >= 11 is 6.04. The lowest BCUT2D eigenvalue weighted by molar-refractivity contribution is -0.148. The third-order valence-corrected chi connectivity index (χ3v) is 6.12. The van der Waals surface area contributed by atoms with Gasteiger partial charge in [0.1, 0.15) is 5.75 Å². The van der Waals surface area contributed by atoms with Crippen molar-refractivity contribution < 1.29 is 14.6 Å². The van der Waals surface area contributed by atoms with Crippen LogP contribution in [0, 0.1) is 12.3 Å². The molecule has 2 aromatic carbocycles. The molecule has 0 bridgehead atoms. The number of fused-ring (bicyclic) bond motifs is 1. The van der Waals surface area contributed by atoms with Gasteiger partial charge in [0.25, 0.3) is 0 Å². The third kappa shape index (κ3) is 3.49. The number of methoxy groups -OCH3 is 1. The van der Waals surface area contributed by atoms with E-state index >= 15 is 0 Å². The Hall–Kier alpha value is -2.46. The number of carboxylic acids is 1. The molecular formula is C23H26ClNO3. The molecule has 0 spiro atoms. The quantitative estimate of drug-likeness (QED) is 0.563. The van der Waals surface area contributed by atoms with E-state index in [2.05, 4.69) is 11.5 Å². The molecule has 1 aromatic heterocycles. The molecule has 3 rings (SSSR count). The number of ether oxygens (including phenoxy) is 1. The molecule has 1 N–H and O–H groups in total. The predicted molar refractivity (Wildman–Crippen MR) is 114 cm³/mol. The summed E-state index contributed by atoms with van der Waals surface area (Å²) in [5.74, 6) is -0.202. The van der Waals surface area contributed by atoms with Crippen molar-refractivity contribution in [3.05, 3.63) is 64.3 Å². The smallest absolute Gasteiger partial charge is 0.309 e. The highest BCUT2D eigenvalue weighted by molar-refractivity contribution is 6.30. The van der Waals surface area contributed by atoms with Crippen molar-refractivity contribution in [1.29, 1.82) is 0 Å². The Morgan fingerprint density at radius 2 is 1.86 bits per heavy atom. The van der Waals surface area contributed by atoms with Crippen LogP contribution in [-0.2, 0) is 11.3 Å². The molecule has 1 atom stereocenters. The fraction of sp³-hybridized carbons (Fsp3) is 0.348. The van der Waals surface area contributed by atoms with Gasteiger partial charge in [-0.2, -0.15) is 0 Å². The number of hydrogen-bond acceptors (Lipinski definition) is 2. The van der Waals surface area contributed by atoms with Crippen LogP contribution in [0.5, 0.6) is 5.75 Å². The van der Waals surface area contributed by atoms with E-state index in [0.717, 1.165) is 33.5 Å². The molecule has 0 saturated carbocycles. The van der Waals surface area contributed by atoms with Gasteiger partial charge in [-0.05, 0) is 62.2 Å². The fourth-order valence-electron chi connectivity index (χ4n) is 3.68. The van der Waals surface area contributed by atoms with Crippen LogP contribution in [0.4, 0.5) is 0 Å². The lowest BCUT2D eigenvalue weighted by atomic mass is 9.77. The maximum Gasteiger partial charge on any atom is 0.309 e. The number of carboxylic acid groups (broad SMARTS) is 1. The zero-order chi connectivity index (χ0) is 20.6. The maximum absolute atomic E-state index is 11.9. The molecular weight excluding hydrogens is 374 g/mol. The summed E-state index contributed by atoms with van der Waals surface area (Å²) in [5.41, 5.74) is 3.39. The van der Waals surface area contributed by atoms with E-state index in [1.807, 2.05) is 49.4 Å². The third-order valence-electron chi connectivity index (χ3n) is 5.87. The van der Waals surface area contributed by atoms with E-state index in [1.165, 1.54) is 0 Å². The second kappa shape index (κ2) is 7.51. The second-order valence-electron chi connectivity index (χ2n) is 7.85. The number of carbonyl (C=O) groups is 1. The average molecular weight is 400 g/mol. The first kappa shape index (κ1) is 20.3. The summed E-state index contributed by atoms with van der Waals surface area (Å²) in [7, 11) is 1.65. The minimum absolute atomic E-state index is 0.185. The van der Waals surface area contributed by atoms with Crippen LogP contribution in [0.3, 0.4) is 0 Å². The highest BCUT2D eigenvalue weighted by atomic mass is 35.5. The van der Waals surface area contributed by atoms with Crippen molar-refractivity contribution in [1.82, 2.24) is 4.57 Å². The van der Waals surface area contributed by atoms with Crippen molar-refractivity contribution in [2.24, 2.45) is 5.41 Å². The van der Waals surface area contributed by atoms with Crippen molar-refractivity contribution in [2.75, 3.05) is 7.11 Å². The van der Waals surface area contributed by atoms with Crippen LogP contribution in [0.25, 0.3) is 10.9 Å². The number of nitrogens with zero attached hydrogens (tertiary/aromatic N) is 1. The first-order valence-electron chi connectivity index (χ1n) is 9.31. The topological polar surface area (TPSA) is 51.5 Å². The van der Waals surface area contributed by atoms with Gasteiger partial charge in [-0.3, -0.25) is 4.79 Å².